The lowest BCUT2D eigenvalue weighted by atomic mass is 9.84. The number of fused-ring (bicyclic) bond motifs is 4. The molecule has 0 aromatic heterocycles. The first-order valence-electron chi connectivity index (χ1n) is 9.16. The molecule has 4 bridgehead atoms. The molecule has 4 aliphatic rings. The normalized spacial score (nSPS) is 37.2. The molecule has 6 unspecified atom stereocenters. The van der Waals surface area contributed by atoms with Crippen LogP contribution >= 0.6 is 0 Å². The van der Waals surface area contributed by atoms with Crippen LogP contribution in [0, 0.1) is 35.5 Å². The van der Waals surface area contributed by atoms with Crippen LogP contribution in [0.4, 0.5) is 0 Å². The van der Waals surface area contributed by atoms with Crippen LogP contribution in [0.15, 0.2) is 24.3 Å². The summed E-state index contributed by atoms with van der Waals surface area (Å²) in [4.78, 5) is 21.7. The van der Waals surface area contributed by atoms with Crippen LogP contribution in [-0.2, 0) is 19.1 Å². The van der Waals surface area contributed by atoms with Crippen molar-refractivity contribution in [3.63, 3.8) is 0 Å². The molecule has 0 aromatic rings. The Balaban J connectivity index is 0.000000198. The molecule has 4 aliphatic carbocycles. The fourth-order valence-electron chi connectivity index (χ4n) is 4.67. The zero-order valence-corrected chi connectivity index (χ0v) is 14.6. The van der Waals surface area contributed by atoms with E-state index in [1.54, 1.807) is 0 Å². The van der Waals surface area contributed by atoms with Crippen molar-refractivity contribution in [2.45, 2.75) is 39.5 Å². The van der Waals surface area contributed by atoms with Gasteiger partial charge >= 0.3 is 11.9 Å². The first-order chi connectivity index (χ1) is 11.5. The highest BCUT2D eigenvalue weighted by atomic mass is 16.5. The Morgan fingerprint density at radius 3 is 1.54 bits per heavy atom. The molecule has 2 fully saturated rings. The summed E-state index contributed by atoms with van der Waals surface area (Å²) in [7, 11) is 0. The Kier molecular flexibility index (Phi) is 5.42. The maximum Gasteiger partial charge on any atom is 0.302 e. The van der Waals surface area contributed by atoms with E-state index >= 15 is 0 Å². The minimum atomic E-state index is -0.247. The third kappa shape index (κ3) is 4.08. The average molecular weight is 332 g/mol. The van der Waals surface area contributed by atoms with E-state index in [9.17, 15) is 9.59 Å². The number of esters is 2. The molecular formula is C20H28O4. The molecule has 4 nitrogen and oxygen atoms in total. The molecule has 0 aromatic carbocycles. The smallest absolute Gasteiger partial charge is 0.302 e. The van der Waals surface area contributed by atoms with Crippen molar-refractivity contribution in [1.82, 2.24) is 0 Å². The summed E-state index contributed by atoms with van der Waals surface area (Å²) >= 11 is 0. The number of ether oxygens (including phenoxy) is 2. The largest absolute Gasteiger partial charge is 0.466 e. The van der Waals surface area contributed by atoms with Gasteiger partial charge in [-0.25, -0.2) is 0 Å². The van der Waals surface area contributed by atoms with Crippen molar-refractivity contribution >= 4 is 11.9 Å². The zero-order valence-electron chi connectivity index (χ0n) is 14.6. The summed E-state index contributed by atoms with van der Waals surface area (Å²) in [6.45, 7) is 3.72. The van der Waals surface area contributed by atoms with E-state index in [2.05, 4.69) is 24.3 Å². The van der Waals surface area contributed by atoms with Gasteiger partial charge in [0.05, 0.1) is 13.2 Å². The van der Waals surface area contributed by atoms with Gasteiger partial charge < -0.3 is 9.47 Å². The minimum absolute atomic E-state index is 0.247. The van der Waals surface area contributed by atoms with E-state index in [1.165, 1.54) is 33.1 Å². The maximum atomic E-state index is 10.9. The van der Waals surface area contributed by atoms with Crippen LogP contribution in [-0.4, -0.2) is 25.2 Å². The highest BCUT2D eigenvalue weighted by molar-refractivity contribution is 5.66. The first-order valence-corrected chi connectivity index (χ1v) is 9.16. The summed E-state index contributed by atoms with van der Waals surface area (Å²) in [5.41, 5.74) is 0. The fraction of sp³-hybridized carbons (Fsp3) is 0.700. The summed E-state index contributed by atoms with van der Waals surface area (Å²) in [6, 6.07) is 0. The maximum absolute atomic E-state index is 10.9. The van der Waals surface area contributed by atoms with E-state index in [0.29, 0.717) is 36.9 Å². The number of allylic oxidation sites excluding steroid dienone is 4. The standard InChI is InChI=1S/C13H18O4.C7H10/c1-8(14)16-6-12-10-3-4-11(5-10)13(12)7-17-9(2)15;1-2-7-4-3-6(1)5-7/h3-4,10-13H,5-7H2,1-2H3;1-2,6-7H,3-5H2. The molecule has 0 N–H and O–H groups in total. The molecule has 132 valence electrons. The molecule has 24 heavy (non-hydrogen) atoms. The lowest BCUT2D eigenvalue weighted by Crippen LogP contribution is -2.29. The third-order valence-corrected chi connectivity index (χ3v) is 5.93. The van der Waals surface area contributed by atoms with Crippen LogP contribution in [0.5, 0.6) is 0 Å². The molecule has 0 heterocycles. The summed E-state index contributed by atoms with van der Waals surface area (Å²) in [5.74, 6) is 3.03. The van der Waals surface area contributed by atoms with E-state index < -0.39 is 0 Å². The van der Waals surface area contributed by atoms with Crippen molar-refractivity contribution in [2.75, 3.05) is 13.2 Å². The average Bonchev–Trinajstić information content (AvgIpc) is 3.31. The second-order valence-electron chi connectivity index (χ2n) is 7.60. The molecule has 4 heteroatoms. The summed E-state index contributed by atoms with van der Waals surface area (Å²) in [6.07, 6.45) is 14.7. The monoisotopic (exact) mass is 332 g/mol. The van der Waals surface area contributed by atoms with Gasteiger partial charge in [0.25, 0.3) is 0 Å². The minimum Gasteiger partial charge on any atom is -0.466 e. The Bertz CT molecular complexity index is 492. The first kappa shape index (κ1) is 17.2. The molecule has 6 atom stereocenters. The van der Waals surface area contributed by atoms with Crippen molar-refractivity contribution in [2.24, 2.45) is 35.5 Å². The second kappa shape index (κ2) is 7.54. The fourth-order valence-corrected chi connectivity index (χ4v) is 4.67. The van der Waals surface area contributed by atoms with Gasteiger partial charge in [-0.3, -0.25) is 9.59 Å². The topological polar surface area (TPSA) is 52.6 Å². The van der Waals surface area contributed by atoms with Crippen LogP contribution in [0.3, 0.4) is 0 Å². The van der Waals surface area contributed by atoms with Crippen LogP contribution < -0.4 is 0 Å². The SMILES string of the molecule is C1=CC2CCC1C2.CC(=O)OCC1C2C=CC(C2)C1COC(C)=O. The Morgan fingerprint density at radius 2 is 1.25 bits per heavy atom. The predicted octanol–water partition coefficient (Wildman–Crippen LogP) is 3.52. The number of rotatable bonds is 4. The predicted molar refractivity (Wildman–Crippen MR) is 91.0 cm³/mol. The third-order valence-electron chi connectivity index (χ3n) is 5.93. The molecule has 0 spiro atoms. The Labute approximate surface area is 144 Å². The number of hydrogen-bond donors (Lipinski definition) is 0. The van der Waals surface area contributed by atoms with E-state index in [4.69, 9.17) is 9.47 Å². The van der Waals surface area contributed by atoms with Crippen LogP contribution in [0.2, 0.25) is 0 Å². The van der Waals surface area contributed by atoms with Gasteiger partial charge in [0, 0.05) is 25.7 Å². The Hall–Kier alpha value is -1.58. The molecule has 2 saturated carbocycles. The Morgan fingerprint density at radius 1 is 0.792 bits per heavy atom. The number of hydrogen-bond acceptors (Lipinski definition) is 4. The van der Waals surface area contributed by atoms with E-state index in [1.807, 2.05) is 0 Å². The van der Waals surface area contributed by atoms with E-state index in [0.717, 1.165) is 18.3 Å². The van der Waals surface area contributed by atoms with Crippen LogP contribution in [0.25, 0.3) is 0 Å². The number of carbonyl (C=O) groups excluding carboxylic acids is 2. The van der Waals surface area contributed by atoms with Gasteiger partial charge in [0.15, 0.2) is 0 Å². The lowest BCUT2D eigenvalue weighted by molar-refractivity contribution is -0.147. The van der Waals surface area contributed by atoms with Crippen molar-refractivity contribution in [3.8, 4) is 0 Å². The van der Waals surface area contributed by atoms with E-state index in [-0.39, 0.29) is 11.9 Å². The zero-order chi connectivity index (χ0) is 17.1. The van der Waals surface area contributed by atoms with Gasteiger partial charge in [0.2, 0.25) is 0 Å². The highest BCUT2D eigenvalue weighted by Gasteiger charge is 2.45. The summed E-state index contributed by atoms with van der Waals surface area (Å²) in [5, 5.41) is 0. The number of carbonyl (C=O) groups is 2. The summed E-state index contributed by atoms with van der Waals surface area (Å²) < 4.78 is 10.2. The molecular weight excluding hydrogens is 304 g/mol. The quantitative estimate of drug-likeness (QED) is 0.584. The van der Waals surface area contributed by atoms with Crippen molar-refractivity contribution in [1.29, 1.82) is 0 Å². The molecule has 0 aliphatic heterocycles. The van der Waals surface area contributed by atoms with Gasteiger partial charge in [-0.15, -0.1) is 0 Å². The van der Waals surface area contributed by atoms with Crippen LogP contribution in [0.1, 0.15) is 39.5 Å². The molecule has 0 amide bonds. The van der Waals surface area contributed by atoms with Gasteiger partial charge in [-0.05, 0) is 49.4 Å². The lowest BCUT2D eigenvalue weighted by Gasteiger charge is -2.26. The highest BCUT2D eigenvalue weighted by Crippen LogP contribution is 2.48. The molecule has 0 saturated heterocycles. The van der Waals surface area contributed by atoms with Crippen molar-refractivity contribution < 1.29 is 19.1 Å². The van der Waals surface area contributed by atoms with Gasteiger partial charge in [-0.1, -0.05) is 24.3 Å². The molecule has 4 rings (SSSR count). The van der Waals surface area contributed by atoms with Crippen molar-refractivity contribution in [3.05, 3.63) is 24.3 Å². The second-order valence-corrected chi connectivity index (χ2v) is 7.60. The van der Waals surface area contributed by atoms with Gasteiger partial charge in [-0.2, -0.15) is 0 Å². The van der Waals surface area contributed by atoms with Gasteiger partial charge in [0.1, 0.15) is 0 Å². The molecule has 0 radical (unpaired) electrons.